The van der Waals surface area contributed by atoms with Crippen molar-refractivity contribution in [1.29, 1.82) is 0 Å². The van der Waals surface area contributed by atoms with E-state index in [1.54, 1.807) is 0 Å². The summed E-state index contributed by atoms with van der Waals surface area (Å²) in [7, 11) is 0. The van der Waals surface area contributed by atoms with Gasteiger partial charge >= 0.3 is 0 Å². The largest absolute Gasteiger partial charge is 0.392 e. The van der Waals surface area contributed by atoms with Crippen LogP contribution in [0.15, 0.2) is 0 Å². The maximum Gasteiger partial charge on any atom is 0.133 e. The summed E-state index contributed by atoms with van der Waals surface area (Å²) < 4.78 is 0. The lowest BCUT2D eigenvalue weighted by atomic mass is 9.89. The Labute approximate surface area is 91.5 Å². The second kappa shape index (κ2) is 4.62. The molecule has 2 aliphatic rings. The first kappa shape index (κ1) is 11.1. The fourth-order valence-corrected chi connectivity index (χ4v) is 2.95. The van der Waals surface area contributed by atoms with Gasteiger partial charge in [-0.05, 0) is 25.2 Å². The summed E-state index contributed by atoms with van der Waals surface area (Å²) in [6.07, 6.45) is 4.25. The summed E-state index contributed by atoms with van der Waals surface area (Å²) >= 11 is 0. The molecule has 3 heteroatoms. The summed E-state index contributed by atoms with van der Waals surface area (Å²) in [4.78, 5) is 13.5. The molecule has 0 aromatic carbocycles. The van der Waals surface area contributed by atoms with E-state index in [2.05, 4.69) is 11.8 Å². The van der Waals surface area contributed by atoms with Gasteiger partial charge in [0, 0.05) is 32.0 Å². The highest BCUT2D eigenvalue weighted by molar-refractivity contribution is 5.79. The molecule has 0 bridgehead atoms. The number of carbonyl (C=O) groups is 1. The van der Waals surface area contributed by atoms with Crippen LogP contribution in [0.4, 0.5) is 0 Å². The lowest BCUT2D eigenvalue weighted by Gasteiger charge is -2.40. The average Bonchev–Trinajstić information content (AvgIpc) is 2.17. The highest BCUT2D eigenvalue weighted by atomic mass is 16.3. The zero-order chi connectivity index (χ0) is 10.8. The maximum absolute atomic E-state index is 11.2. The molecular weight excluding hydrogens is 190 g/mol. The molecule has 0 aromatic heterocycles. The van der Waals surface area contributed by atoms with Gasteiger partial charge in [-0.25, -0.2) is 0 Å². The normalized spacial score (nSPS) is 35.7. The number of piperidine rings is 1. The third kappa shape index (κ3) is 2.79. The third-order valence-corrected chi connectivity index (χ3v) is 3.70. The van der Waals surface area contributed by atoms with E-state index in [1.165, 1.54) is 0 Å². The number of hydrogen-bond acceptors (Lipinski definition) is 3. The summed E-state index contributed by atoms with van der Waals surface area (Å²) in [6.45, 7) is 4.10. The molecule has 1 saturated heterocycles. The van der Waals surface area contributed by atoms with Crippen molar-refractivity contribution in [2.45, 2.75) is 51.2 Å². The van der Waals surface area contributed by atoms with Crippen LogP contribution in [0.1, 0.15) is 39.0 Å². The molecular formula is C12H21NO2. The van der Waals surface area contributed by atoms with Gasteiger partial charge in [-0.3, -0.25) is 9.69 Å². The van der Waals surface area contributed by atoms with Crippen molar-refractivity contribution in [3.8, 4) is 0 Å². The van der Waals surface area contributed by atoms with Crippen LogP contribution in [0.5, 0.6) is 0 Å². The molecule has 0 aromatic rings. The minimum absolute atomic E-state index is 0.161. The topological polar surface area (TPSA) is 40.5 Å². The Kier molecular flexibility index (Phi) is 3.42. The van der Waals surface area contributed by atoms with E-state index in [0.29, 0.717) is 17.7 Å². The molecule has 86 valence electrons. The highest BCUT2D eigenvalue weighted by Gasteiger charge is 2.30. The van der Waals surface area contributed by atoms with Crippen LogP contribution in [0.2, 0.25) is 0 Å². The lowest BCUT2D eigenvalue weighted by molar-refractivity contribution is -0.121. The summed E-state index contributed by atoms with van der Waals surface area (Å²) in [5.41, 5.74) is 0. The molecule has 3 nitrogen and oxygen atoms in total. The van der Waals surface area contributed by atoms with E-state index < -0.39 is 0 Å². The van der Waals surface area contributed by atoms with E-state index in [0.717, 1.165) is 45.2 Å². The molecule has 2 unspecified atom stereocenters. The van der Waals surface area contributed by atoms with Crippen LogP contribution in [0.3, 0.4) is 0 Å². The number of hydrogen-bond donors (Lipinski definition) is 1. The first-order valence-corrected chi connectivity index (χ1v) is 6.09. The minimum Gasteiger partial charge on any atom is -0.392 e. The van der Waals surface area contributed by atoms with Gasteiger partial charge in [0.1, 0.15) is 5.78 Å². The molecule has 2 fully saturated rings. The van der Waals surface area contributed by atoms with Crippen LogP contribution in [-0.4, -0.2) is 41.0 Å². The highest BCUT2D eigenvalue weighted by Crippen LogP contribution is 2.25. The van der Waals surface area contributed by atoms with Gasteiger partial charge in [-0.1, -0.05) is 6.92 Å². The van der Waals surface area contributed by atoms with Crippen molar-refractivity contribution in [2.75, 3.05) is 13.1 Å². The van der Waals surface area contributed by atoms with Crippen molar-refractivity contribution in [3.05, 3.63) is 0 Å². The second-order valence-electron chi connectivity index (χ2n) is 5.22. The molecule has 0 spiro atoms. The van der Waals surface area contributed by atoms with Gasteiger partial charge in [0.25, 0.3) is 0 Å². The Morgan fingerprint density at radius 2 is 1.93 bits per heavy atom. The van der Waals surface area contributed by atoms with Gasteiger partial charge in [-0.2, -0.15) is 0 Å². The summed E-state index contributed by atoms with van der Waals surface area (Å²) in [5, 5.41) is 9.72. The molecule has 2 rings (SSSR count). The number of carbonyl (C=O) groups excluding carboxylic acids is 1. The Bertz CT molecular complexity index is 222. The monoisotopic (exact) mass is 211 g/mol. The quantitative estimate of drug-likeness (QED) is 0.708. The number of aliphatic hydroxyl groups excluding tert-OH is 1. The van der Waals surface area contributed by atoms with Crippen LogP contribution in [0, 0.1) is 5.92 Å². The van der Waals surface area contributed by atoms with E-state index >= 15 is 0 Å². The predicted octanol–water partition coefficient (Wildman–Crippen LogP) is 1.20. The van der Waals surface area contributed by atoms with Gasteiger partial charge in [0.2, 0.25) is 0 Å². The molecule has 1 aliphatic heterocycles. The molecule has 1 heterocycles. The number of rotatable bonds is 1. The Balaban J connectivity index is 1.89. The second-order valence-corrected chi connectivity index (χ2v) is 5.22. The molecule has 0 amide bonds. The Morgan fingerprint density at radius 1 is 1.27 bits per heavy atom. The van der Waals surface area contributed by atoms with E-state index in [1.807, 2.05) is 0 Å². The number of ketones is 1. The first-order valence-electron chi connectivity index (χ1n) is 6.09. The van der Waals surface area contributed by atoms with Crippen molar-refractivity contribution < 1.29 is 9.90 Å². The number of β-amino-alcohol motifs (C(OH)–C–C–N with tert-alkyl or cyclic N) is 1. The predicted molar refractivity (Wildman–Crippen MR) is 58.6 cm³/mol. The SMILES string of the molecule is CC1CC(O)CN(C2CCC(=O)CC2)C1. The maximum atomic E-state index is 11.2. The molecule has 15 heavy (non-hydrogen) atoms. The van der Waals surface area contributed by atoms with Gasteiger partial charge < -0.3 is 5.11 Å². The lowest BCUT2D eigenvalue weighted by Crippen LogP contribution is -2.48. The van der Waals surface area contributed by atoms with Gasteiger partial charge in [0.05, 0.1) is 6.10 Å². The van der Waals surface area contributed by atoms with Crippen molar-refractivity contribution in [1.82, 2.24) is 4.90 Å². The van der Waals surface area contributed by atoms with E-state index in [4.69, 9.17) is 0 Å². The number of likely N-dealkylation sites (tertiary alicyclic amines) is 1. The van der Waals surface area contributed by atoms with Crippen LogP contribution < -0.4 is 0 Å². The zero-order valence-corrected chi connectivity index (χ0v) is 9.48. The van der Waals surface area contributed by atoms with E-state index in [-0.39, 0.29) is 6.10 Å². The van der Waals surface area contributed by atoms with Crippen molar-refractivity contribution >= 4 is 5.78 Å². The van der Waals surface area contributed by atoms with Crippen LogP contribution >= 0.6 is 0 Å². The Morgan fingerprint density at radius 3 is 2.53 bits per heavy atom. The average molecular weight is 211 g/mol. The zero-order valence-electron chi connectivity index (χ0n) is 9.48. The number of Topliss-reactive ketones (excluding diaryl/α,β-unsaturated/α-hetero) is 1. The van der Waals surface area contributed by atoms with Gasteiger partial charge in [0.15, 0.2) is 0 Å². The van der Waals surface area contributed by atoms with Crippen LogP contribution in [0.25, 0.3) is 0 Å². The Hall–Kier alpha value is -0.410. The van der Waals surface area contributed by atoms with Gasteiger partial charge in [-0.15, -0.1) is 0 Å². The van der Waals surface area contributed by atoms with Crippen molar-refractivity contribution in [2.24, 2.45) is 5.92 Å². The molecule has 1 aliphatic carbocycles. The minimum atomic E-state index is -0.161. The standard InChI is InChI=1S/C12H21NO2/c1-9-6-12(15)8-13(7-9)10-2-4-11(14)5-3-10/h9-10,12,15H,2-8H2,1H3. The summed E-state index contributed by atoms with van der Waals surface area (Å²) in [6, 6.07) is 0.542. The van der Waals surface area contributed by atoms with Crippen molar-refractivity contribution in [3.63, 3.8) is 0 Å². The molecule has 1 N–H and O–H groups in total. The molecule has 2 atom stereocenters. The third-order valence-electron chi connectivity index (χ3n) is 3.70. The fraction of sp³-hybridized carbons (Fsp3) is 0.917. The first-order chi connectivity index (χ1) is 7.15. The molecule has 1 saturated carbocycles. The number of aliphatic hydroxyl groups is 1. The summed E-state index contributed by atoms with van der Waals surface area (Å²) in [5.74, 6) is 1.00. The fourth-order valence-electron chi connectivity index (χ4n) is 2.95. The smallest absolute Gasteiger partial charge is 0.133 e. The number of nitrogens with zero attached hydrogens (tertiary/aromatic N) is 1. The molecule has 0 radical (unpaired) electrons. The van der Waals surface area contributed by atoms with E-state index in [9.17, 15) is 9.90 Å². The van der Waals surface area contributed by atoms with Crippen LogP contribution in [-0.2, 0) is 4.79 Å².